The van der Waals surface area contributed by atoms with Gasteiger partial charge in [-0.3, -0.25) is 4.68 Å². The van der Waals surface area contributed by atoms with Gasteiger partial charge in [-0.25, -0.2) is 0 Å². The topological polar surface area (TPSA) is 29.9 Å². The second-order valence-electron chi connectivity index (χ2n) is 5.89. The highest BCUT2D eigenvalue weighted by molar-refractivity contribution is 9.10. The number of nitrogens with one attached hydrogen (secondary N) is 1. The highest BCUT2D eigenvalue weighted by Gasteiger charge is 2.28. The van der Waals surface area contributed by atoms with Gasteiger partial charge in [-0.15, -0.1) is 0 Å². The molecule has 3 nitrogen and oxygen atoms in total. The number of halogens is 1. The molecule has 4 heteroatoms. The van der Waals surface area contributed by atoms with Crippen LogP contribution in [0.15, 0.2) is 28.7 Å². The number of nitrogens with zero attached hydrogens (tertiary/aromatic N) is 2. The molecule has 0 spiro atoms. The Bertz CT molecular complexity index is 631. The molecule has 3 rings (SSSR count). The minimum absolute atomic E-state index is 0.446. The van der Waals surface area contributed by atoms with Crippen molar-refractivity contribution in [1.82, 2.24) is 9.78 Å². The van der Waals surface area contributed by atoms with Gasteiger partial charge in [0.15, 0.2) is 0 Å². The second kappa shape index (κ2) is 5.24. The Morgan fingerprint density at radius 3 is 2.90 bits per heavy atom. The molecule has 0 bridgehead atoms. The molecule has 1 aromatic carbocycles. The first-order valence-electron chi connectivity index (χ1n) is 7.12. The van der Waals surface area contributed by atoms with Crippen molar-refractivity contribution in [2.75, 3.05) is 12.4 Å². The summed E-state index contributed by atoms with van der Waals surface area (Å²) < 4.78 is 3.29. The van der Waals surface area contributed by atoms with Gasteiger partial charge in [-0.1, -0.05) is 35.8 Å². The number of rotatable bonds is 3. The van der Waals surface area contributed by atoms with Crippen LogP contribution < -0.4 is 5.32 Å². The molecule has 1 unspecified atom stereocenters. The van der Waals surface area contributed by atoms with Crippen LogP contribution in [0.3, 0.4) is 0 Å². The first kappa shape index (κ1) is 13.7. The van der Waals surface area contributed by atoms with E-state index < -0.39 is 0 Å². The molecule has 0 amide bonds. The molecule has 1 aromatic heterocycles. The van der Waals surface area contributed by atoms with Crippen LogP contribution in [0.2, 0.25) is 0 Å². The number of fused-ring (bicyclic) bond motifs is 2. The van der Waals surface area contributed by atoms with Crippen LogP contribution in [-0.2, 0) is 6.54 Å². The molecule has 2 heterocycles. The van der Waals surface area contributed by atoms with Crippen LogP contribution >= 0.6 is 15.9 Å². The quantitative estimate of drug-likeness (QED) is 0.910. The molecule has 0 saturated heterocycles. The van der Waals surface area contributed by atoms with Crippen LogP contribution in [-0.4, -0.2) is 16.8 Å². The van der Waals surface area contributed by atoms with E-state index in [1.165, 1.54) is 16.8 Å². The van der Waals surface area contributed by atoms with E-state index in [0.717, 1.165) is 23.3 Å². The number of hydrogen-bond acceptors (Lipinski definition) is 2. The minimum Gasteiger partial charge on any atom is -0.372 e. The fourth-order valence-electron chi connectivity index (χ4n) is 3.05. The first-order chi connectivity index (χ1) is 9.58. The summed E-state index contributed by atoms with van der Waals surface area (Å²) in [5, 5.41) is 7.80. The molecule has 20 heavy (non-hydrogen) atoms. The van der Waals surface area contributed by atoms with Crippen LogP contribution in [0, 0.1) is 5.92 Å². The van der Waals surface area contributed by atoms with Gasteiger partial charge in [0.2, 0.25) is 0 Å². The average molecular weight is 334 g/mol. The zero-order valence-electron chi connectivity index (χ0n) is 12.2. The summed E-state index contributed by atoms with van der Waals surface area (Å²) in [4.78, 5) is 0. The number of anilines is 1. The Morgan fingerprint density at radius 2 is 2.20 bits per heavy atom. The maximum Gasteiger partial charge on any atom is 0.148 e. The van der Waals surface area contributed by atoms with Gasteiger partial charge in [0, 0.05) is 29.2 Å². The Kier molecular flexibility index (Phi) is 3.59. The molecular formula is C16H20BrN3. The molecule has 1 aliphatic heterocycles. The van der Waals surface area contributed by atoms with Gasteiger partial charge in [0.1, 0.15) is 5.82 Å². The lowest BCUT2D eigenvalue weighted by Gasteiger charge is -2.28. The Hall–Kier alpha value is -1.29. The molecule has 0 saturated carbocycles. The van der Waals surface area contributed by atoms with E-state index in [2.05, 4.69) is 69.1 Å². The molecule has 0 aliphatic carbocycles. The monoisotopic (exact) mass is 333 g/mol. The predicted octanol–water partition coefficient (Wildman–Crippen LogP) is 4.23. The van der Waals surface area contributed by atoms with E-state index in [-0.39, 0.29) is 0 Å². The molecular weight excluding hydrogens is 314 g/mol. The normalized spacial score (nSPS) is 16.9. The van der Waals surface area contributed by atoms with Crippen LogP contribution in [0.4, 0.5) is 5.82 Å². The molecule has 1 N–H and O–H groups in total. The maximum absolute atomic E-state index is 4.65. The van der Waals surface area contributed by atoms with E-state index in [1.807, 2.05) is 7.05 Å². The Morgan fingerprint density at radius 1 is 1.40 bits per heavy atom. The van der Waals surface area contributed by atoms with Crippen molar-refractivity contribution in [2.24, 2.45) is 5.92 Å². The third kappa shape index (κ3) is 2.37. The van der Waals surface area contributed by atoms with Gasteiger partial charge < -0.3 is 5.32 Å². The SMILES string of the molecule is CNc1cc2n(n1)Cc1cc(Br)ccc1C2CC(C)C. The zero-order valence-corrected chi connectivity index (χ0v) is 13.7. The third-order valence-corrected chi connectivity index (χ3v) is 4.43. The van der Waals surface area contributed by atoms with E-state index in [4.69, 9.17) is 0 Å². The summed E-state index contributed by atoms with van der Waals surface area (Å²) in [6.45, 7) is 5.43. The molecule has 0 fully saturated rings. The summed E-state index contributed by atoms with van der Waals surface area (Å²) in [5.74, 6) is 2.07. The minimum atomic E-state index is 0.446. The lowest BCUT2D eigenvalue weighted by molar-refractivity contribution is 0.487. The second-order valence-corrected chi connectivity index (χ2v) is 6.80. The van der Waals surface area contributed by atoms with Crippen molar-refractivity contribution >= 4 is 21.7 Å². The van der Waals surface area contributed by atoms with Crippen molar-refractivity contribution in [3.8, 4) is 0 Å². The molecule has 1 aliphatic rings. The molecule has 1 atom stereocenters. The fourth-order valence-corrected chi connectivity index (χ4v) is 3.46. The van der Waals surface area contributed by atoms with Gasteiger partial charge in [0.05, 0.1) is 6.54 Å². The molecule has 0 radical (unpaired) electrons. The fraction of sp³-hybridized carbons (Fsp3) is 0.438. The Balaban J connectivity index is 2.10. The summed E-state index contributed by atoms with van der Waals surface area (Å²) in [5.41, 5.74) is 4.16. The highest BCUT2D eigenvalue weighted by atomic mass is 79.9. The first-order valence-corrected chi connectivity index (χ1v) is 7.91. The third-order valence-electron chi connectivity index (χ3n) is 3.93. The van der Waals surface area contributed by atoms with Crippen molar-refractivity contribution in [1.29, 1.82) is 0 Å². The smallest absolute Gasteiger partial charge is 0.148 e. The van der Waals surface area contributed by atoms with E-state index in [9.17, 15) is 0 Å². The zero-order chi connectivity index (χ0) is 14.3. The van der Waals surface area contributed by atoms with Crippen molar-refractivity contribution in [3.05, 3.63) is 45.6 Å². The highest BCUT2D eigenvalue weighted by Crippen LogP contribution is 2.39. The lowest BCUT2D eigenvalue weighted by atomic mass is 9.83. The van der Waals surface area contributed by atoms with Gasteiger partial charge in [-0.05, 0) is 35.6 Å². The van der Waals surface area contributed by atoms with E-state index >= 15 is 0 Å². The van der Waals surface area contributed by atoms with Crippen molar-refractivity contribution in [2.45, 2.75) is 32.7 Å². The van der Waals surface area contributed by atoms with Crippen LogP contribution in [0.1, 0.15) is 43.0 Å². The summed E-state index contributed by atoms with van der Waals surface area (Å²) in [7, 11) is 1.93. The largest absolute Gasteiger partial charge is 0.372 e. The van der Waals surface area contributed by atoms with Gasteiger partial charge in [0.25, 0.3) is 0 Å². The van der Waals surface area contributed by atoms with Gasteiger partial charge >= 0.3 is 0 Å². The van der Waals surface area contributed by atoms with Crippen LogP contribution in [0.5, 0.6) is 0 Å². The number of benzene rings is 1. The van der Waals surface area contributed by atoms with Crippen LogP contribution in [0.25, 0.3) is 0 Å². The molecule has 2 aromatic rings. The van der Waals surface area contributed by atoms with E-state index in [0.29, 0.717) is 11.8 Å². The summed E-state index contributed by atoms with van der Waals surface area (Å²) >= 11 is 3.58. The van der Waals surface area contributed by atoms with Gasteiger partial charge in [-0.2, -0.15) is 5.10 Å². The predicted molar refractivity (Wildman–Crippen MR) is 86.3 cm³/mol. The van der Waals surface area contributed by atoms with Crippen molar-refractivity contribution < 1.29 is 0 Å². The number of hydrogen-bond donors (Lipinski definition) is 1. The average Bonchev–Trinajstić information content (AvgIpc) is 2.80. The Labute approximate surface area is 128 Å². The lowest BCUT2D eigenvalue weighted by Crippen LogP contribution is -2.20. The van der Waals surface area contributed by atoms with Crippen molar-refractivity contribution in [3.63, 3.8) is 0 Å². The standard InChI is InChI=1S/C16H20BrN3/c1-10(2)6-14-13-5-4-12(17)7-11(13)9-20-15(14)8-16(18-3)19-20/h4-5,7-8,10,14H,6,9H2,1-3H3,(H,18,19). The maximum atomic E-state index is 4.65. The number of aromatic nitrogens is 2. The van der Waals surface area contributed by atoms with E-state index in [1.54, 1.807) is 0 Å². The summed E-state index contributed by atoms with van der Waals surface area (Å²) in [6, 6.07) is 8.84. The molecule has 106 valence electrons. The summed E-state index contributed by atoms with van der Waals surface area (Å²) in [6.07, 6.45) is 1.16.